The Labute approximate surface area is 182 Å². The molecule has 0 radical (unpaired) electrons. The predicted molar refractivity (Wildman–Crippen MR) is 121 cm³/mol. The average Bonchev–Trinajstić information content (AvgIpc) is 2.67. The molecule has 0 saturated carbocycles. The first kappa shape index (κ1) is 23.1. The van der Waals surface area contributed by atoms with Crippen molar-refractivity contribution in [3.05, 3.63) is 0 Å². The number of likely N-dealkylation sites (tertiary alicyclic amines) is 3. The van der Waals surface area contributed by atoms with Crippen LogP contribution in [0.2, 0.25) is 0 Å². The largest absolute Gasteiger partial charge is 0.444 e. The van der Waals surface area contributed by atoms with Gasteiger partial charge >= 0.3 is 6.09 Å². The van der Waals surface area contributed by atoms with Gasteiger partial charge in [0, 0.05) is 32.2 Å². The van der Waals surface area contributed by atoms with Crippen molar-refractivity contribution in [1.29, 1.82) is 0 Å². The summed E-state index contributed by atoms with van der Waals surface area (Å²) in [6, 6.07) is 0.215. The smallest absolute Gasteiger partial charge is 0.410 e. The molecule has 172 valence electrons. The van der Waals surface area contributed by atoms with Gasteiger partial charge in [-0.25, -0.2) is 4.79 Å². The van der Waals surface area contributed by atoms with Crippen LogP contribution in [0.4, 0.5) is 4.79 Å². The summed E-state index contributed by atoms with van der Waals surface area (Å²) in [5, 5.41) is 7.10. The van der Waals surface area contributed by atoms with Crippen molar-refractivity contribution in [3.63, 3.8) is 0 Å². The van der Waals surface area contributed by atoms with Gasteiger partial charge in [-0.05, 0) is 79.7 Å². The van der Waals surface area contributed by atoms with Gasteiger partial charge in [-0.15, -0.1) is 0 Å². The molecule has 8 nitrogen and oxygen atoms in total. The molecule has 3 rings (SSSR count). The molecule has 2 N–H and O–H groups in total. The fourth-order valence-corrected chi connectivity index (χ4v) is 4.69. The predicted octanol–water partition coefficient (Wildman–Crippen LogP) is 1.72. The number of hydrogen-bond acceptors (Lipinski definition) is 5. The van der Waals surface area contributed by atoms with Crippen molar-refractivity contribution in [2.75, 3.05) is 59.9 Å². The minimum atomic E-state index is -0.454. The number of aliphatic imine (C=N–C) groups is 1. The maximum Gasteiger partial charge on any atom is 0.410 e. The number of carbonyl (C=O) groups is 1. The molecule has 3 aliphatic rings. The van der Waals surface area contributed by atoms with Crippen molar-refractivity contribution in [3.8, 4) is 0 Å². The Kier molecular flexibility index (Phi) is 7.50. The van der Waals surface area contributed by atoms with Gasteiger partial charge in [0.15, 0.2) is 5.96 Å². The number of nitrogens with one attached hydrogen (secondary N) is 2. The van der Waals surface area contributed by atoms with Gasteiger partial charge in [-0.1, -0.05) is 6.42 Å². The lowest BCUT2D eigenvalue weighted by atomic mass is 9.84. The van der Waals surface area contributed by atoms with Crippen LogP contribution >= 0.6 is 0 Å². The van der Waals surface area contributed by atoms with Crippen LogP contribution in [0.1, 0.15) is 52.9 Å². The summed E-state index contributed by atoms with van der Waals surface area (Å²) in [5.74, 6) is 0.833. The number of carbonyl (C=O) groups excluding carboxylic acids is 1. The summed E-state index contributed by atoms with van der Waals surface area (Å²) in [6.45, 7) is 12.6. The van der Waals surface area contributed by atoms with E-state index in [0.717, 1.165) is 25.6 Å². The highest BCUT2D eigenvalue weighted by Gasteiger charge is 2.40. The molecular formula is C22H42N6O2. The van der Waals surface area contributed by atoms with E-state index in [1.54, 1.807) is 4.90 Å². The molecule has 3 fully saturated rings. The fraction of sp³-hybridized carbons (Fsp3) is 0.909. The Morgan fingerprint density at radius 2 is 1.73 bits per heavy atom. The highest BCUT2D eigenvalue weighted by Crippen LogP contribution is 2.30. The Hall–Kier alpha value is -1.54. The quantitative estimate of drug-likeness (QED) is 0.531. The van der Waals surface area contributed by atoms with E-state index in [9.17, 15) is 4.79 Å². The lowest BCUT2D eigenvalue weighted by Gasteiger charge is -2.50. The van der Waals surface area contributed by atoms with Gasteiger partial charge in [-0.2, -0.15) is 0 Å². The van der Waals surface area contributed by atoms with E-state index in [1.165, 1.54) is 45.2 Å². The minimum absolute atomic E-state index is 0.215. The van der Waals surface area contributed by atoms with Crippen molar-refractivity contribution < 1.29 is 9.53 Å². The first-order chi connectivity index (χ1) is 14.2. The van der Waals surface area contributed by atoms with Crippen molar-refractivity contribution >= 4 is 12.1 Å². The third kappa shape index (κ3) is 6.00. The molecule has 3 heterocycles. The van der Waals surface area contributed by atoms with Gasteiger partial charge in [0.2, 0.25) is 0 Å². The Morgan fingerprint density at radius 1 is 1.10 bits per heavy atom. The Morgan fingerprint density at radius 3 is 2.30 bits per heavy atom. The second-order valence-electron chi connectivity index (χ2n) is 10.2. The topological polar surface area (TPSA) is 72.4 Å². The molecule has 0 atom stereocenters. The third-order valence-corrected chi connectivity index (χ3v) is 6.63. The highest BCUT2D eigenvalue weighted by atomic mass is 16.6. The summed E-state index contributed by atoms with van der Waals surface area (Å²) >= 11 is 0. The van der Waals surface area contributed by atoms with Crippen LogP contribution in [0.25, 0.3) is 0 Å². The third-order valence-electron chi connectivity index (χ3n) is 6.63. The first-order valence-electron chi connectivity index (χ1n) is 11.6. The van der Waals surface area contributed by atoms with Crippen LogP contribution < -0.4 is 10.6 Å². The zero-order valence-electron chi connectivity index (χ0n) is 19.7. The Bertz CT molecular complexity index is 597. The van der Waals surface area contributed by atoms with Gasteiger partial charge in [0.25, 0.3) is 0 Å². The van der Waals surface area contributed by atoms with E-state index in [1.807, 2.05) is 27.8 Å². The van der Waals surface area contributed by atoms with Gasteiger partial charge in [-0.3, -0.25) is 9.89 Å². The minimum Gasteiger partial charge on any atom is -0.444 e. The van der Waals surface area contributed by atoms with Crippen LogP contribution in [0.15, 0.2) is 4.99 Å². The van der Waals surface area contributed by atoms with Crippen molar-refractivity contribution in [2.24, 2.45) is 4.99 Å². The normalized spacial score (nSPS) is 24.3. The average molecular weight is 423 g/mol. The van der Waals surface area contributed by atoms with E-state index < -0.39 is 5.60 Å². The molecule has 0 aromatic rings. The number of guanidine groups is 1. The fourth-order valence-electron chi connectivity index (χ4n) is 4.69. The van der Waals surface area contributed by atoms with Crippen molar-refractivity contribution in [1.82, 2.24) is 25.3 Å². The number of hydrogen-bond donors (Lipinski definition) is 2. The van der Waals surface area contributed by atoms with Crippen LogP contribution in [0, 0.1) is 0 Å². The van der Waals surface area contributed by atoms with Gasteiger partial charge in [0.1, 0.15) is 5.60 Å². The summed E-state index contributed by atoms with van der Waals surface area (Å²) in [6.07, 6.45) is 6.14. The molecule has 0 aromatic heterocycles. The maximum atomic E-state index is 12.1. The van der Waals surface area contributed by atoms with E-state index in [2.05, 4.69) is 32.5 Å². The molecule has 0 aliphatic carbocycles. The molecular weight excluding hydrogens is 380 g/mol. The number of ether oxygens (including phenoxy) is 1. The first-order valence-corrected chi connectivity index (χ1v) is 11.6. The maximum absolute atomic E-state index is 12.1. The number of amides is 1. The van der Waals surface area contributed by atoms with E-state index in [-0.39, 0.29) is 17.7 Å². The second-order valence-corrected chi connectivity index (χ2v) is 10.2. The lowest BCUT2D eigenvalue weighted by molar-refractivity contribution is 0.00674. The molecule has 0 bridgehead atoms. The zero-order valence-corrected chi connectivity index (χ0v) is 19.7. The number of nitrogens with zero attached hydrogens (tertiary/aromatic N) is 4. The standard InChI is InChI=1S/C22H42N6O2/c1-21(2,3)30-20(29)27-15-18(16-27)25-19(23-4)24-17-22(9-13-26(5)14-10-22)28-11-7-6-8-12-28/h18H,6-17H2,1-5H3,(H2,23,24,25). The molecule has 3 aliphatic heterocycles. The monoisotopic (exact) mass is 422 g/mol. The summed E-state index contributed by atoms with van der Waals surface area (Å²) in [4.78, 5) is 23.5. The highest BCUT2D eigenvalue weighted by molar-refractivity contribution is 5.80. The van der Waals surface area contributed by atoms with Crippen LogP contribution in [-0.2, 0) is 4.74 Å². The zero-order chi connectivity index (χ0) is 21.8. The lowest BCUT2D eigenvalue weighted by Crippen LogP contribution is -2.65. The molecule has 8 heteroatoms. The van der Waals surface area contributed by atoms with E-state index in [0.29, 0.717) is 13.1 Å². The van der Waals surface area contributed by atoms with Crippen LogP contribution in [0.3, 0.4) is 0 Å². The van der Waals surface area contributed by atoms with Crippen LogP contribution in [-0.4, -0.2) is 104 Å². The van der Waals surface area contributed by atoms with Crippen molar-refractivity contribution in [2.45, 2.75) is 70.1 Å². The number of piperidine rings is 2. The number of rotatable bonds is 4. The Balaban J connectivity index is 1.49. The SMILES string of the molecule is CN=C(NCC1(N2CCCCC2)CCN(C)CC1)NC1CN(C(=O)OC(C)(C)C)C1. The van der Waals surface area contributed by atoms with Gasteiger partial charge in [0.05, 0.1) is 6.04 Å². The summed E-state index contributed by atoms with van der Waals surface area (Å²) in [7, 11) is 4.04. The summed E-state index contributed by atoms with van der Waals surface area (Å²) < 4.78 is 5.44. The van der Waals surface area contributed by atoms with Gasteiger partial charge < -0.3 is 25.2 Å². The summed E-state index contributed by atoms with van der Waals surface area (Å²) in [5.41, 5.74) is -0.239. The molecule has 0 spiro atoms. The second kappa shape index (κ2) is 9.73. The molecule has 30 heavy (non-hydrogen) atoms. The molecule has 1 amide bonds. The molecule has 0 unspecified atom stereocenters. The molecule has 3 saturated heterocycles. The van der Waals surface area contributed by atoms with E-state index in [4.69, 9.17) is 4.74 Å². The van der Waals surface area contributed by atoms with Crippen LogP contribution in [0.5, 0.6) is 0 Å². The van der Waals surface area contributed by atoms with E-state index >= 15 is 0 Å². The molecule has 0 aromatic carbocycles.